The van der Waals surface area contributed by atoms with Gasteiger partial charge in [-0.2, -0.15) is 0 Å². The van der Waals surface area contributed by atoms with Crippen molar-refractivity contribution in [1.29, 1.82) is 0 Å². The summed E-state index contributed by atoms with van der Waals surface area (Å²) in [5.41, 5.74) is 0.00882. The Balaban J connectivity index is 1.75. The Bertz CT molecular complexity index is 1200. The summed E-state index contributed by atoms with van der Waals surface area (Å²) in [4.78, 5) is 27.0. The van der Waals surface area contributed by atoms with E-state index in [0.29, 0.717) is 22.9 Å². The molecule has 206 valence electrons. The van der Waals surface area contributed by atoms with E-state index in [1.54, 1.807) is 25.3 Å². The zero-order chi connectivity index (χ0) is 27.8. The fourth-order valence-electron chi connectivity index (χ4n) is 5.16. The number of benzene rings is 1. The molecule has 2 fully saturated rings. The molecule has 0 saturated carbocycles. The number of methoxy groups -OCH3 is 2. The minimum Gasteiger partial charge on any atom is -0.495 e. The third kappa shape index (κ3) is 5.61. The van der Waals surface area contributed by atoms with E-state index in [1.165, 1.54) is 25.2 Å². The number of epoxide rings is 1. The summed E-state index contributed by atoms with van der Waals surface area (Å²) >= 11 is 6.58. The minimum atomic E-state index is -1.68. The van der Waals surface area contributed by atoms with E-state index in [2.05, 4.69) is 5.32 Å². The molecule has 0 aliphatic carbocycles. The molecule has 6 atom stereocenters. The van der Waals surface area contributed by atoms with E-state index in [0.717, 1.165) is 11.1 Å². The van der Waals surface area contributed by atoms with Gasteiger partial charge in [0.1, 0.15) is 28.6 Å². The smallest absolute Gasteiger partial charge is 0.409 e. The molecule has 0 spiro atoms. The maximum Gasteiger partial charge on any atom is 0.409 e. The average molecular weight is 547 g/mol. The molecule has 2 amide bonds. The van der Waals surface area contributed by atoms with Gasteiger partial charge in [-0.15, -0.1) is 0 Å². The van der Waals surface area contributed by atoms with Crippen LogP contribution >= 0.6 is 11.6 Å². The number of likely N-dealkylation sites (N-methyl/N-ethyl adjacent to an activating group) is 1. The van der Waals surface area contributed by atoms with Crippen molar-refractivity contribution in [2.24, 2.45) is 5.92 Å². The third-order valence-corrected chi connectivity index (χ3v) is 7.84. The first-order valence-corrected chi connectivity index (χ1v) is 12.9. The Morgan fingerprint density at radius 1 is 1.26 bits per heavy atom. The number of amides is 2. The van der Waals surface area contributed by atoms with E-state index in [-0.39, 0.29) is 24.3 Å². The van der Waals surface area contributed by atoms with Crippen LogP contribution in [0.1, 0.15) is 32.8 Å². The van der Waals surface area contributed by atoms with E-state index < -0.39 is 29.6 Å². The van der Waals surface area contributed by atoms with Crippen LogP contribution in [-0.4, -0.2) is 68.0 Å². The monoisotopic (exact) mass is 546 g/mol. The molecule has 38 heavy (non-hydrogen) atoms. The van der Waals surface area contributed by atoms with Gasteiger partial charge < -0.3 is 29.0 Å². The zero-order valence-electron chi connectivity index (χ0n) is 22.5. The highest BCUT2D eigenvalue weighted by molar-refractivity contribution is 6.35. The highest BCUT2D eigenvalue weighted by Gasteiger charge is 2.58. The summed E-state index contributed by atoms with van der Waals surface area (Å²) in [6.07, 6.45) is 6.68. The molecule has 4 bridgehead atoms. The van der Waals surface area contributed by atoms with Gasteiger partial charge >= 0.3 is 6.09 Å². The SMILES string of the molecule is COc1cc2cc(c1Cl)N(C)C(=O)/C=C/[C@]1(C)O[C@@H]1[C@H](C)[C@@H]1C[C@](O)(NC(=O)O1)[C@H](OC)/C=C/C=C(\C)C2. The van der Waals surface area contributed by atoms with E-state index in [9.17, 15) is 14.7 Å². The van der Waals surface area contributed by atoms with Crippen molar-refractivity contribution in [3.05, 3.63) is 58.7 Å². The molecule has 1 aromatic carbocycles. The van der Waals surface area contributed by atoms with Gasteiger partial charge in [-0.3, -0.25) is 10.1 Å². The Kier molecular flexibility index (Phi) is 7.95. The number of ether oxygens (including phenoxy) is 4. The molecule has 3 aliphatic rings. The Morgan fingerprint density at radius 3 is 2.68 bits per heavy atom. The molecule has 0 radical (unpaired) electrons. The number of aliphatic hydroxyl groups is 1. The standard InChI is InChI=1S/C28H35ClN2O7/c1-16-8-7-9-22(36-6)28(34)15-21(37-26(33)30-28)17(2)25-27(3,38-25)11-10-23(32)31(4)19-13-18(12-16)14-20(35-5)24(19)29/h7-11,13-14,17,21-22,25,34H,12,15H2,1-6H3,(H,30,33)/b9-7+,11-10+,16-8+/t17-,21+,22-,25-,27+,28-/m1/s1. The number of alkyl carbamates (subject to hydrolysis) is 1. The van der Waals surface area contributed by atoms with Crippen molar-refractivity contribution in [2.45, 2.75) is 63.3 Å². The molecule has 1 aromatic rings. The second-order valence-corrected chi connectivity index (χ2v) is 10.7. The number of hydrogen-bond acceptors (Lipinski definition) is 7. The van der Waals surface area contributed by atoms with Gasteiger partial charge in [0.15, 0.2) is 5.72 Å². The van der Waals surface area contributed by atoms with Gasteiger partial charge in [0.25, 0.3) is 5.91 Å². The molecule has 2 N–H and O–H groups in total. The summed E-state index contributed by atoms with van der Waals surface area (Å²) in [5.74, 6) is -0.0859. The first-order chi connectivity index (χ1) is 17.9. The summed E-state index contributed by atoms with van der Waals surface area (Å²) < 4.78 is 22.5. The van der Waals surface area contributed by atoms with Crippen LogP contribution in [0.3, 0.4) is 0 Å². The number of halogens is 1. The number of nitrogens with zero attached hydrogens (tertiary/aromatic N) is 1. The first kappa shape index (κ1) is 28.2. The molecule has 4 rings (SSSR count). The zero-order valence-corrected chi connectivity index (χ0v) is 23.2. The molecule has 0 unspecified atom stereocenters. The molecular weight excluding hydrogens is 512 g/mol. The summed E-state index contributed by atoms with van der Waals surface area (Å²) in [7, 11) is 4.66. The minimum absolute atomic E-state index is 0.0941. The highest BCUT2D eigenvalue weighted by atomic mass is 35.5. The number of carbonyl (C=O) groups is 2. The molecule has 3 aliphatic heterocycles. The lowest BCUT2D eigenvalue weighted by molar-refractivity contribution is -0.142. The van der Waals surface area contributed by atoms with Gasteiger partial charge in [0.2, 0.25) is 0 Å². The first-order valence-electron chi connectivity index (χ1n) is 12.5. The molecular formula is C28H35ClN2O7. The number of allylic oxidation sites excluding steroid dienone is 3. The van der Waals surface area contributed by atoms with Crippen LogP contribution in [0.2, 0.25) is 5.02 Å². The fourth-order valence-corrected chi connectivity index (χ4v) is 5.47. The Labute approximate surface area is 228 Å². The van der Waals surface area contributed by atoms with Crippen molar-refractivity contribution in [3.8, 4) is 5.75 Å². The van der Waals surface area contributed by atoms with Crippen LogP contribution in [0, 0.1) is 5.92 Å². The van der Waals surface area contributed by atoms with Gasteiger partial charge in [0.05, 0.1) is 18.9 Å². The van der Waals surface area contributed by atoms with Crippen LogP contribution in [0.25, 0.3) is 0 Å². The second-order valence-electron chi connectivity index (χ2n) is 10.4. The van der Waals surface area contributed by atoms with Crippen LogP contribution in [0.5, 0.6) is 5.75 Å². The molecule has 0 aromatic heterocycles. The Morgan fingerprint density at radius 2 is 2.00 bits per heavy atom. The second kappa shape index (κ2) is 10.7. The average Bonchev–Trinajstić information content (AvgIpc) is 3.55. The highest BCUT2D eigenvalue weighted by Crippen LogP contribution is 2.46. The van der Waals surface area contributed by atoms with Crippen LogP contribution in [-0.2, 0) is 25.4 Å². The lowest BCUT2D eigenvalue weighted by Gasteiger charge is -2.42. The molecule has 2 saturated heterocycles. The number of anilines is 1. The largest absolute Gasteiger partial charge is 0.495 e. The van der Waals surface area contributed by atoms with Crippen molar-refractivity contribution < 1.29 is 33.6 Å². The van der Waals surface area contributed by atoms with Gasteiger partial charge in [-0.25, -0.2) is 4.79 Å². The number of carbonyl (C=O) groups excluding carboxylic acids is 2. The number of fused-ring (bicyclic) bond motifs is 5. The van der Waals surface area contributed by atoms with Crippen molar-refractivity contribution >= 4 is 29.3 Å². The van der Waals surface area contributed by atoms with Crippen LogP contribution in [0.4, 0.5) is 10.5 Å². The van der Waals surface area contributed by atoms with Crippen molar-refractivity contribution in [3.63, 3.8) is 0 Å². The third-order valence-electron chi connectivity index (χ3n) is 7.46. The molecule has 9 nitrogen and oxygen atoms in total. The van der Waals surface area contributed by atoms with Crippen LogP contribution < -0.4 is 15.0 Å². The van der Waals surface area contributed by atoms with Crippen molar-refractivity contribution in [1.82, 2.24) is 5.32 Å². The molecule has 10 heteroatoms. The molecule has 3 heterocycles. The summed E-state index contributed by atoms with van der Waals surface area (Å²) in [6, 6.07) is 3.70. The summed E-state index contributed by atoms with van der Waals surface area (Å²) in [6.45, 7) is 5.72. The number of hydrogen-bond donors (Lipinski definition) is 2. The van der Waals surface area contributed by atoms with Gasteiger partial charge in [-0.05, 0) is 44.0 Å². The maximum absolute atomic E-state index is 13.1. The van der Waals surface area contributed by atoms with E-state index >= 15 is 0 Å². The summed E-state index contributed by atoms with van der Waals surface area (Å²) in [5, 5.41) is 14.3. The lowest BCUT2D eigenvalue weighted by atomic mass is 9.85. The number of rotatable bonds is 2. The fraction of sp³-hybridized carbons (Fsp3) is 0.500. The van der Waals surface area contributed by atoms with E-state index in [1.807, 2.05) is 39.0 Å². The van der Waals surface area contributed by atoms with E-state index in [4.69, 9.17) is 30.5 Å². The number of nitrogens with one attached hydrogen (secondary N) is 1. The van der Waals surface area contributed by atoms with Crippen LogP contribution in [0.15, 0.2) is 48.1 Å². The van der Waals surface area contributed by atoms with Gasteiger partial charge in [-0.1, -0.05) is 42.3 Å². The lowest BCUT2D eigenvalue weighted by Crippen LogP contribution is -2.63. The topological polar surface area (TPSA) is 110 Å². The van der Waals surface area contributed by atoms with Gasteiger partial charge in [0, 0.05) is 32.6 Å². The quantitative estimate of drug-likeness (QED) is 0.541. The normalized spacial score (nSPS) is 36.7. The van der Waals surface area contributed by atoms with Crippen molar-refractivity contribution in [2.75, 3.05) is 26.2 Å². The Hall–Kier alpha value is -2.85. The predicted octanol–water partition coefficient (Wildman–Crippen LogP) is 3.92. The predicted molar refractivity (Wildman–Crippen MR) is 143 cm³/mol. The maximum atomic E-state index is 13.1.